The van der Waals surface area contributed by atoms with E-state index in [0.29, 0.717) is 24.7 Å². The molecule has 7 nitrogen and oxygen atoms in total. The number of hydrogen-bond donors (Lipinski definition) is 1. The Morgan fingerprint density at radius 3 is 2.36 bits per heavy atom. The molecular formula is C15H23N3O4. The van der Waals surface area contributed by atoms with Crippen LogP contribution >= 0.6 is 0 Å². The first-order valence-electron chi connectivity index (χ1n) is 7.93. The fourth-order valence-corrected chi connectivity index (χ4v) is 2.92. The van der Waals surface area contributed by atoms with Gasteiger partial charge in [-0.25, -0.2) is 4.79 Å². The summed E-state index contributed by atoms with van der Waals surface area (Å²) >= 11 is 0. The van der Waals surface area contributed by atoms with Gasteiger partial charge in [0.1, 0.15) is 5.76 Å². The maximum atomic E-state index is 12.5. The Hall–Kier alpha value is -1.60. The maximum absolute atomic E-state index is 12.5. The van der Waals surface area contributed by atoms with Gasteiger partial charge in [0, 0.05) is 32.4 Å². The first kappa shape index (κ1) is 15.3. The highest BCUT2D eigenvalue weighted by molar-refractivity contribution is 5.88. The number of carbonyl (C=O) groups excluding carboxylic acids is 1. The van der Waals surface area contributed by atoms with Crippen LogP contribution in [0.3, 0.4) is 0 Å². The van der Waals surface area contributed by atoms with Gasteiger partial charge in [-0.3, -0.25) is 5.32 Å². The molecule has 2 aliphatic rings. The maximum Gasteiger partial charge on any atom is 0.323 e. The fraction of sp³-hybridized carbons (Fsp3) is 0.733. The molecule has 2 atom stereocenters. The summed E-state index contributed by atoms with van der Waals surface area (Å²) in [5, 5.41) is 6.59. The van der Waals surface area contributed by atoms with E-state index < -0.39 is 0 Å². The molecule has 2 saturated heterocycles. The zero-order chi connectivity index (χ0) is 15.4. The minimum absolute atomic E-state index is 0.117. The van der Waals surface area contributed by atoms with Crippen molar-refractivity contribution >= 4 is 11.8 Å². The van der Waals surface area contributed by atoms with Gasteiger partial charge in [0.05, 0.1) is 12.2 Å². The van der Waals surface area contributed by atoms with Crippen LogP contribution in [0, 0.1) is 6.92 Å². The number of carbonyl (C=O) groups is 1. The molecule has 0 bridgehead atoms. The SMILES string of the molecule is Cc1cc(NC(=O)N(CC2CCCO2)CC2CCCO2)no1. The first-order chi connectivity index (χ1) is 10.7. The van der Waals surface area contributed by atoms with Crippen LogP contribution in [0.15, 0.2) is 10.6 Å². The molecule has 3 rings (SSSR count). The smallest absolute Gasteiger partial charge is 0.323 e. The number of urea groups is 1. The zero-order valence-electron chi connectivity index (χ0n) is 12.9. The van der Waals surface area contributed by atoms with Crippen molar-refractivity contribution in [3.63, 3.8) is 0 Å². The zero-order valence-corrected chi connectivity index (χ0v) is 12.9. The highest BCUT2D eigenvalue weighted by atomic mass is 16.5. The van der Waals surface area contributed by atoms with Gasteiger partial charge in [-0.05, 0) is 32.6 Å². The predicted molar refractivity (Wildman–Crippen MR) is 79.8 cm³/mol. The summed E-state index contributed by atoms with van der Waals surface area (Å²) in [4.78, 5) is 14.3. The van der Waals surface area contributed by atoms with E-state index in [2.05, 4.69) is 10.5 Å². The first-order valence-corrected chi connectivity index (χ1v) is 7.93. The van der Waals surface area contributed by atoms with Crippen LogP contribution in [0.25, 0.3) is 0 Å². The van der Waals surface area contributed by atoms with Gasteiger partial charge < -0.3 is 18.9 Å². The van der Waals surface area contributed by atoms with Gasteiger partial charge in [0.2, 0.25) is 0 Å². The summed E-state index contributed by atoms with van der Waals surface area (Å²) in [5.74, 6) is 1.10. The number of rotatable bonds is 5. The average Bonchev–Trinajstić information content (AvgIpc) is 3.21. The molecule has 2 unspecified atom stereocenters. The molecular weight excluding hydrogens is 286 g/mol. The molecule has 0 radical (unpaired) electrons. The number of aryl methyl sites for hydroxylation is 1. The number of hydrogen-bond acceptors (Lipinski definition) is 5. The number of anilines is 1. The second-order valence-electron chi connectivity index (χ2n) is 5.93. The number of ether oxygens (including phenoxy) is 2. The van der Waals surface area contributed by atoms with Crippen LogP contribution < -0.4 is 5.32 Å². The topological polar surface area (TPSA) is 76.8 Å². The third kappa shape index (κ3) is 3.98. The lowest BCUT2D eigenvalue weighted by Crippen LogP contribution is -2.44. The molecule has 0 saturated carbocycles. The fourth-order valence-electron chi connectivity index (χ4n) is 2.92. The molecule has 0 spiro atoms. The lowest BCUT2D eigenvalue weighted by molar-refractivity contribution is 0.0524. The van der Waals surface area contributed by atoms with Crippen LogP contribution in [-0.4, -0.2) is 54.6 Å². The van der Waals surface area contributed by atoms with Crippen LogP contribution in [-0.2, 0) is 9.47 Å². The van der Waals surface area contributed by atoms with E-state index in [1.54, 1.807) is 17.9 Å². The molecule has 22 heavy (non-hydrogen) atoms. The van der Waals surface area contributed by atoms with Crippen LogP contribution in [0.2, 0.25) is 0 Å². The Labute approximate surface area is 129 Å². The molecule has 2 fully saturated rings. The van der Waals surface area contributed by atoms with Crippen molar-refractivity contribution < 1.29 is 18.8 Å². The van der Waals surface area contributed by atoms with Crippen molar-refractivity contribution in [2.75, 3.05) is 31.6 Å². The van der Waals surface area contributed by atoms with Crippen molar-refractivity contribution in [1.29, 1.82) is 0 Å². The van der Waals surface area contributed by atoms with Gasteiger partial charge in [-0.1, -0.05) is 5.16 Å². The van der Waals surface area contributed by atoms with Crippen LogP contribution in [0.4, 0.5) is 10.6 Å². The van der Waals surface area contributed by atoms with Crippen molar-refractivity contribution in [2.24, 2.45) is 0 Å². The van der Waals surface area contributed by atoms with E-state index in [1.165, 1.54) is 0 Å². The molecule has 3 heterocycles. The number of amides is 2. The number of nitrogens with one attached hydrogen (secondary N) is 1. The Balaban J connectivity index is 1.61. The summed E-state index contributed by atoms with van der Waals surface area (Å²) in [5.41, 5.74) is 0. The highest BCUT2D eigenvalue weighted by Gasteiger charge is 2.27. The van der Waals surface area contributed by atoms with Crippen molar-refractivity contribution in [1.82, 2.24) is 10.1 Å². The minimum atomic E-state index is -0.181. The molecule has 122 valence electrons. The lowest BCUT2D eigenvalue weighted by atomic mass is 10.2. The third-order valence-electron chi connectivity index (χ3n) is 4.05. The van der Waals surface area contributed by atoms with E-state index in [-0.39, 0.29) is 18.2 Å². The van der Waals surface area contributed by atoms with Crippen molar-refractivity contribution in [3.8, 4) is 0 Å². The Bertz CT molecular complexity index is 475. The molecule has 2 amide bonds. The van der Waals surface area contributed by atoms with E-state index in [1.807, 2.05) is 0 Å². The molecule has 2 aliphatic heterocycles. The molecule has 0 aliphatic carbocycles. The van der Waals surface area contributed by atoms with Crippen molar-refractivity contribution in [3.05, 3.63) is 11.8 Å². The van der Waals surface area contributed by atoms with E-state index in [9.17, 15) is 4.79 Å². The van der Waals surface area contributed by atoms with E-state index in [4.69, 9.17) is 14.0 Å². The van der Waals surface area contributed by atoms with Gasteiger partial charge in [-0.2, -0.15) is 0 Å². The minimum Gasteiger partial charge on any atom is -0.376 e. The summed E-state index contributed by atoms with van der Waals surface area (Å²) in [6, 6.07) is 1.52. The monoisotopic (exact) mass is 309 g/mol. The van der Waals surface area contributed by atoms with E-state index >= 15 is 0 Å². The average molecular weight is 309 g/mol. The molecule has 1 N–H and O–H groups in total. The van der Waals surface area contributed by atoms with E-state index in [0.717, 1.165) is 38.9 Å². The summed E-state index contributed by atoms with van der Waals surface area (Å²) in [6.45, 7) is 4.52. The quantitative estimate of drug-likeness (QED) is 0.902. The normalized spacial score (nSPS) is 24.6. The summed E-state index contributed by atoms with van der Waals surface area (Å²) in [6.07, 6.45) is 4.35. The molecule has 1 aromatic rings. The largest absolute Gasteiger partial charge is 0.376 e. The predicted octanol–water partition coefficient (Wildman–Crippen LogP) is 2.17. The Kier molecular flexibility index (Phi) is 4.94. The summed E-state index contributed by atoms with van der Waals surface area (Å²) in [7, 11) is 0. The molecule has 0 aromatic carbocycles. The van der Waals surface area contributed by atoms with Gasteiger partial charge >= 0.3 is 6.03 Å². The summed E-state index contributed by atoms with van der Waals surface area (Å²) < 4.78 is 16.3. The van der Waals surface area contributed by atoms with Gasteiger partial charge in [-0.15, -0.1) is 0 Å². The second-order valence-corrected chi connectivity index (χ2v) is 5.93. The third-order valence-corrected chi connectivity index (χ3v) is 4.05. The van der Waals surface area contributed by atoms with Gasteiger partial charge in [0.25, 0.3) is 0 Å². The Morgan fingerprint density at radius 2 is 1.91 bits per heavy atom. The van der Waals surface area contributed by atoms with Crippen molar-refractivity contribution in [2.45, 2.75) is 44.8 Å². The van der Waals surface area contributed by atoms with Gasteiger partial charge in [0.15, 0.2) is 5.82 Å². The lowest BCUT2D eigenvalue weighted by Gasteiger charge is -2.27. The molecule has 1 aromatic heterocycles. The standard InChI is InChI=1S/C15H23N3O4/c1-11-8-14(17-22-11)16-15(19)18(9-12-4-2-6-20-12)10-13-5-3-7-21-13/h8,12-13H,2-7,9-10H2,1H3,(H,16,17,19). The molecule has 7 heteroatoms. The number of nitrogens with zero attached hydrogens (tertiary/aromatic N) is 2. The Morgan fingerprint density at radius 1 is 1.27 bits per heavy atom. The van der Waals surface area contributed by atoms with Crippen LogP contribution in [0.1, 0.15) is 31.4 Å². The van der Waals surface area contributed by atoms with Crippen LogP contribution in [0.5, 0.6) is 0 Å². The second kappa shape index (κ2) is 7.11. The number of aromatic nitrogens is 1. The highest BCUT2D eigenvalue weighted by Crippen LogP contribution is 2.18.